The Balaban J connectivity index is 1.61. The molecule has 0 spiro atoms. The van der Waals surface area contributed by atoms with Crippen molar-refractivity contribution in [1.29, 1.82) is 0 Å². The summed E-state index contributed by atoms with van der Waals surface area (Å²) in [5.74, 6) is 0.491. The fraction of sp³-hybridized carbons (Fsp3) is 0.529. The van der Waals surface area contributed by atoms with E-state index in [0.29, 0.717) is 18.8 Å². The van der Waals surface area contributed by atoms with Crippen molar-refractivity contribution in [2.45, 2.75) is 17.5 Å². The van der Waals surface area contributed by atoms with E-state index >= 15 is 0 Å². The van der Waals surface area contributed by atoms with Crippen LogP contribution in [0.25, 0.3) is 0 Å². The molecule has 12 heteroatoms. The Morgan fingerprint density at radius 3 is 2.31 bits per heavy atom. The third-order valence-electron chi connectivity index (χ3n) is 4.84. The number of carbonyl (C=O) groups excluding carboxylic acids is 2. The number of carbonyl (C=O) groups is 2. The third-order valence-corrected chi connectivity index (χ3v) is 7.69. The van der Waals surface area contributed by atoms with E-state index < -0.39 is 26.7 Å². The standard InChI is InChI=1S/C17H20F3N3O4S2/c18-17(19,20)13-3-1-2-4-14(13)29(26,27)23-9-7-21(8-10-23)15(24)5-6-22-11-12-28-16(22)25/h1-4H,5-12H2. The van der Waals surface area contributed by atoms with Gasteiger partial charge in [-0.3, -0.25) is 9.59 Å². The molecule has 2 saturated heterocycles. The molecule has 0 N–H and O–H groups in total. The van der Waals surface area contributed by atoms with Crippen molar-refractivity contribution in [3.8, 4) is 0 Å². The molecule has 2 amide bonds. The summed E-state index contributed by atoms with van der Waals surface area (Å²) in [6.45, 7) is 0.922. The van der Waals surface area contributed by atoms with Gasteiger partial charge in [0.2, 0.25) is 15.9 Å². The minimum atomic E-state index is -4.78. The Bertz CT molecular complexity index is 884. The minimum absolute atomic E-state index is 0.0583. The van der Waals surface area contributed by atoms with Crippen molar-refractivity contribution in [3.05, 3.63) is 29.8 Å². The molecular weight excluding hydrogens is 431 g/mol. The first kappa shape index (κ1) is 21.9. The number of amides is 2. The number of alkyl halides is 3. The fourth-order valence-corrected chi connectivity index (χ4v) is 5.75. The monoisotopic (exact) mass is 451 g/mol. The first-order valence-electron chi connectivity index (χ1n) is 8.96. The molecule has 0 saturated carbocycles. The number of thioether (sulfide) groups is 1. The van der Waals surface area contributed by atoms with Gasteiger partial charge in [-0.2, -0.15) is 17.5 Å². The highest BCUT2D eigenvalue weighted by Gasteiger charge is 2.39. The summed E-state index contributed by atoms with van der Waals surface area (Å²) in [5, 5.41) is -0.0583. The van der Waals surface area contributed by atoms with Crippen LogP contribution in [0.2, 0.25) is 0 Å². The summed E-state index contributed by atoms with van der Waals surface area (Å²) < 4.78 is 66.0. The highest BCUT2D eigenvalue weighted by atomic mass is 32.2. The van der Waals surface area contributed by atoms with E-state index in [1.165, 1.54) is 22.7 Å². The second-order valence-electron chi connectivity index (χ2n) is 6.63. The molecule has 0 atom stereocenters. The van der Waals surface area contributed by atoms with Gasteiger partial charge in [0.05, 0.1) is 10.5 Å². The fourth-order valence-electron chi connectivity index (χ4n) is 3.26. The van der Waals surface area contributed by atoms with Crippen molar-refractivity contribution < 1.29 is 31.2 Å². The number of hydrogen-bond donors (Lipinski definition) is 0. The van der Waals surface area contributed by atoms with Crippen molar-refractivity contribution >= 4 is 32.9 Å². The summed E-state index contributed by atoms with van der Waals surface area (Å²) in [6.07, 6.45) is -4.65. The number of rotatable bonds is 5. The van der Waals surface area contributed by atoms with Gasteiger partial charge in [0.1, 0.15) is 0 Å². The van der Waals surface area contributed by atoms with Crippen LogP contribution in [0.1, 0.15) is 12.0 Å². The average Bonchev–Trinajstić information content (AvgIpc) is 3.10. The third kappa shape index (κ3) is 4.86. The molecule has 2 aliphatic heterocycles. The Kier molecular flexibility index (Phi) is 6.44. The SMILES string of the molecule is O=C(CCN1CCSC1=O)N1CCN(S(=O)(=O)c2ccccc2C(F)(F)F)CC1. The summed E-state index contributed by atoms with van der Waals surface area (Å²) >= 11 is 1.20. The molecule has 2 aliphatic rings. The number of sulfonamides is 1. The number of benzene rings is 1. The molecule has 2 heterocycles. The minimum Gasteiger partial charge on any atom is -0.340 e. The van der Waals surface area contributed by atoms with Crippen LogP contribution >= 0.6 is 11.8 Å². The van der Waals surface area contributed by atoms with Crippen LogP contribution in [0.15, 0.2) is 29.2 Å². The highest BCUT2D eigenvalue weighted by molar-refractivity contribution is 8.13. The van der Waals surface area contributed by atoms with Gasteiger partial charge in [0.15, 0.2) is 0 Å². The first-order valence-corrected chi connectivity index (χ1v) is 11.4. The van der Waals surface area contributed by atoms with Crippen LogP contribution in [-0.4, -0.2) is 78.7 Å². The lowest BCUT2D eigenvalue weighted by molar-refractivity contribution is -0.139. The molecule has 1 aromatic carbocycles. The smallest absolute Gasteiger partial charge is 0.340 e. The van der Waals surface area contributed by atoms with Gasteiger partial charge in [-0.1, -0.05) is 23.9 Å². The zero-order valence-electron chi connectivity index (χ0n) is 15.4. The molecule has 3 rings (SSSR count). The second-order valence-corrected chi connectivity index (χ2v) is 9.58. The quantitative estimate of drug-likeness (QED) is 0.685. The maximum absolute atomic E-state index is 13.2. The van der Waals surface area contributed by atoms with Crippen LogP contribution in [-0.2, 0) is 21.0 Å². The zero-order chi connectivity index (χ0) is 21.2. The number of piperazine rings is 1. The van der Waals surface area contributed by atoms with E-state index in [1.807, 2.05) is 0 Å². The van der Waals surface area contributed by atoms with E-state index in [-0.39, 0.29) is 43.7 Å². The van der Waals surface area contributed by atoms with Crippen molar-refractivity contribution in [2.75, 3.05) is 45.0 Å². The van der Waals surface area contributed by atoms with E-state index in [4.69, 9.17) is 0 Å². The zero-order valence-corrected chi connectivity index (χ0v) is 17.0. The first-order chi connectivity index (χ1) is 13.6. The molecule has 0 unspecified atom stereocenters. The van der Waals surface area contributed by atoms with Gasteiger partial charge in [-0.25, -0.2) is 8.42 Å². The molecule has 0 radical (unpaired) electrons. The van der Waals surface area contributed by atoms with E-state index in [9.17, 15) is 31.2 Å². The van der Waals surface area contributed by atoms with Crippen LogP contribution in [0.5, 0.6) is 0 Å². The lowest BCUT2D eigenvalue weighted by atomic mass is 10.2. The normalized spacial score (nSPS) is 19.1. The Morgan fingerprint density at radius 1 is 1.07 bits per heavy atom. The molecule has 7 nitrogen and oxygen atoms in total. The Morgan fingerprint density at radius 2 is 1.72 bits per heavy atom. The van der Waals surface area contributed by atoms with Crippen LogP contribution < -0.4 is 0 Å². The number of hydrogen-bond acceptors (Lipinski definition) is 5. The van der Waals surface area contributed by atoms with Crippen molar-refractivity contribution in [3.63, 3.8) is 0 Å². The molecule has 0 aromatic heterocycles. The van der Waals surface area contributed by atoms with Gasteiger partial charge in [-0.15, -0.1) is 0 Å². The summed E-state index contributed by atoms with van der Waals surface area (Å²) in [6, 6.07) is 4.08. The van der Waals surface area contributed by atoms with Crippen molar-refractivity contribution in [1.82, 2.24) is 14.1 Å². The molecule has 1 aromatic rings. The Hall–Kier alpha value is -1.79. The molecular formula is C17H20F3N3O4S2. The van der Waals surface area contributed by atoms with Crippen molar-refractivity contribution in [2.24, 2.45) is 0 Å². The largest absolute Gasteiger partial charge is 0.417 e. The number of nitrogens with zero attached hydrogens (tertiary/aromatic N) is 3. The summed E-state index contributed by atoms with van der Waals surface area (Å²) in [7, 11) is -4.34. The maximum Gasteiger partial charge on any atom is 0.417 e. The number of halogens is 3. The predicted molar refractivity (Wildman–Crippen MR) is 101 cm³/mol. The summed E-state index contributed by atoms with van der Waals surface area (Å²) in [4.78, 5) is 26.2. The molecule has 0 bridgehead atoms. The topological polar surface area (TPSA) is 78.0 Å². The van der Waals surface area contributed by atoms with Crippen LogP contribution in [0, 0.1) is 0 Å². The molecule has 0 aliphatic carbocycles. The van der Waals surface area contributed by atoms with Gasteiger partial charge in [-0.05, 0) is 12.1 Å². The van der Waals surface area contributed by atoms with Gasteiger partial charge < -0.3 is 9.80 Å². The van der Waals surface area contributed by atoms with E-state index in [0.717, 1.165) is 22.5 Å². The highest BCUT2D eigenvalue weighted by Crippen LogP contribution is 2.35. The average molecular weight is 451 g/mol. The van der Waals surface area contributed by atoms with Crippen LogP contribution in [0.4, 0.5) is 18.0 Å². The second kappa shape index (κ2) is 8.52. The molecule has 29 heavy (non-hydrogen) atoms. The van der Waals surface area contributed by atoms with Gasteiger partial charge in [0, 0.05) is 51.4 Å². The van der Waals surface area contributed by atoms with Crippen LogP contribution in [0.3, 0.4) is 0 Å². The van der Waals surface area contributed by atoms with E-state index in [1.54, 1.807) is 4.90 Å². The predicted octanol–water partition coefficient (Wildman–Crippen LogP) is 2.10. The maximum atomic E-state index is 13.2. The lowest BCUT2D eigenvalue weighted by Crippen LogP contribution is -2.51. The Labute approximate surface area is 170 Å². The summed E-state index contributed by atoms with van der Waals surface area (Å²) in [5.41, 5.74) is -1.20. The molecule has 2 fully saturated rings. The van der Waals surface area contributed by atoms with Gasteiger partial charge >= 0.3 is 6.18 Å². The van der Waals surface area contributed by atoms with E-state index in [2.05, 4.69) is 0 Å². The molecule has 160 valence electrons. The van der Waals surface area contributed by atoms with Gasteiger partial charge in [0.25, 0.3) is 5.24 Å². The lowest BCUT2D eigenvalue weighted by Gasteiger charge is -2.34.